The van der Waals surface area contributed by atoms with Gasteiger partial charge < -0.3 is 10.6 Å². The minimum Gasteiger partial charge on any atom is -0.378 e. The summed E-state index contributed by atoms with van der Waals surface area (Å²) in [5, 5.41) is 6.51. The van der Waals surface area contributed by atoms with Crippen LogP contribution in [0, 0.1) is 19.3 Å². The molecule has 2 aromatic carbocycles. The van der Waals surface area contributed by atoms with Gasteiger partial charge in [0.05, 0.1) is 11.6 Å². The Labute approximate surface area is 182 Å². The number of aryl methyl sites for hydroxylation is 1. The van der Waals surface area contributed by atoms with Gasteiger partial charge in [0.2, 0.25) is 5.91 Å². The third-order valence-electron chi connectivity index (χ3n) is 5.75. The fraction of sp³-hybridized carbons (Fsp3) is 0.480. The van der Waals surface area contributed by atoms with Crippen LogP contribution in [-0.2, 0) is 17.4 Å². The van der Waals surface area contributed by atoms with Crippen molar-refractivity contribution < 1.29 is 18.0 Å². The number of halogens is 3. The van der Waals surface area contributed by atoms with E-state index < -0.39 is 11.7 Å². The second-order valence-electron chi connectivity index (χ2n) is 9.71. The highest BCUT2D eigenvalue weighted by Crippen LogP contribution is 2.39. The molecule has 2 N–H and O–H groups in total. The van der Waals surface area contributed by atoms with Crippen LogP contribution in [0.15, 0.2) is 30.3 Å². The predicted octanol–water partition coefficient (Wildman–Crippen LogP) is 7.19. The Hall–Kier alpha value is -2.50. The average Bonchev–Trinajstić information content (AvgIpc) is 2.64. The van der Waals surface area contributed by atoms with Crippen molar-refractivity contribution in [1.82, 2.24) is 0 Å². The third-order valence-corrected chi connectivity index (χ3v) is 5.75. The molecule has 1 aliphatic rings. The van der Waals surface area contributed by atoms with Crippen LogP contribution >= 0.6 is 0 Å². The fourth-order valence-electron chi connectivity index (χ4n) is 4.30. The quantitative estimate of drug-likeness (QED) is 0.537. The molecule has 31 heavy (non-hydrogen) atoms. The summed E-state index contributed by atoms with van der Waals surface area (Å²) in [6, 6.07) is 7.32. The first kappa shape index (κ1) is 23.2. The van der Waals surface area contributed by atoms with Crippen LogP contribution in [0.5, 0.6) is 0 Å². The number of alkyl halides is 3. The zero-order chi connectivity index (χ0) is 23.0. The molecule has 168 valence electrons. The van der Waals surface area contributed by atoms with E-state index in [1.807, 2.05) is 34.6 Å². The monoisotopic (exact) mass is 432 g/mol. The van der Waals surface area contributed by atoms with Crippen LogP contribution in [0.4, 0.5) is 24.5 Å². The molecule has 3 rings (SSSR count). The minimum atomic E-state index is -4.34. The Balaban J connectivity index is 1.84. The van der Waals surface area contributed by atoms with Crippen molar-refractivity contribution in [2.24, 2.45) is 5.41 Å². The van der Waals surface area contributed by atoms with E-state index in [1.54, 1.807) is 0 Å². The number of fused-ring (bicyclic) bond motifs is 1. The first-order chi connectivity index (χ1) is 14.3. The van der Waals surface area contributed by atoms with Gasteiger partial charge in [-0.3, -0.25) is 4.79 Å². The largest absolute Gasteiger partial charge is 0.416 e. The molecule has 0 spiro atoms. The van der Waals surface area contributed by atoms with Crippen molar-refractivity contribution in [3.8, 4) is 0 Å². The van der Waals surface area contributed by atoms with Gasteiger partial charge in [0.15, 0.2) is 0 Å². The van der Waals surface area contributed by atoms with Crippen LogP contribution in [0.3, 0.4) is 0 Å². The van der Waals surface area contributed by atoms with Crippen LogP contribution in [0.25, 0.3) is 0 Å². The molecule has 0 saturated heterocycles. The number of hydrogen-bond donors (Lipinski definition) is 2. The molecule has 0 aromatic heterocycles. The standard InChI is InChI=1S/C25H31F3N2O/c1-15-13-20-19(16(2)23(15)30-22(31)14-24(3,4)5)7-6-8-21(20)29-18-11-9-17(10-12-18)25(26,27)28/h9-13,21,29H,6-8,14H2,1-5H3,(H,30,31). The van der Waals surface area contributed by atoms with E-state index in [0.717, 1.165) is 53.8 Å². The number of amides is 1. The maximum atomic E-state index is 12.8. The van der Waals surface area contributed by atoms with E-state index in [1.165, 1.54) is 17.7 Å². The van der Waals surface area contributed by atoms with Crippen molar-refractivity contribution >= 4 is 17.3 Å². The lowest BCUT2D eigenvalue weighted by molar-refractivity contribution is -0.137. The Morgan fingerprint density at radius 1 is 1.10 bits per heavy atom. The summed E-state index contributed by atoms with van der Waals surface area (Å²) < 4.78 is 38.5. The third kappa shape index (κ3) is 5.60. The summed E-state index contributed by atoms with van der Waals surface area (Å²) >= 11 is 0. The molecule has 0 fully saturated rings. The summed E-state index contributed by atoms with van der Waals surface area (Å²) in [6.07, 6.45) is -1.08. The first-order valence-electron chi connectivity index (χ1n) is 10.7. The first-order valence-corrected chi connectivity index (χ1v) is 10.7. The molecule has 1 amide bonds. The number of carbonyl (C=O) groups is 1. The zero-order valence-electron chi connectivity index (χ0n) is 18.8. The number of nitrogens with one attached hydrogen (secondary N) is 2. The van der Waals surface area contributed by atoms with Gasteiger partial charge in [-0.05, 0) is 85.0 Å². The smallest absolute Gasteiger partial charge is 0.378 e. The molecule has 0 saturated carbocycles. The molecular formula is C25H31F3N2O. The van der Waals surface area contributed by atoms with E-state index in [-0.39, 0.29) is 17.4 Å². The summed E-state index contributed by atoms with van der Waals surface area (Å²) in [7, 11) is 0. The highest BCUT2D eigenvalue weighted by atomic mass is 19.4. The van der Waals surface area contributed by atoms with Gasteiger partial charge in [0.25, 0.3) is 0 Å². The molecule has 0 bridgehead atoms. The van der Waals surface area contributed by atoms with Crippen molar-refractivity contribution in [2.75, 3.05) is 10.6 Å². The number of anilines is 2. The Kier molecular flexibility index (Phi) is 6.40. The summed E-state index contributed by atoms with van der Waals surface area (Å²) in [5.41, 5.74) is 5.27. The lowest BCUT2D eigenvalue weighted by Crippen LogP contribution is -2.23. The summed E-state index contributed by atoms with van der Waals surface area (Å²) in [4.78, 5) is 12.5. The number of benzene rings is 2. The highest BCUT2D eigenvalue weighted by molar-refractivity contribution is 5.93. The Morgan fingerprint density at radius 3 is 2.32 bits per heavy atom. The van der Waals surface area contributed by atoms with Crippen LogP contribution < -0.4 is 10.6 Å². The molecule has 1 atom stereocenters. The topological polar surface area (TPSA) is 41.1 Å². The SMILES string of the molecule is Cc1cc2c(c(C)c1NC(=O)CC(C)(C)C)CCCC2Nc1ccc(C(F)(F)F)cc1. The Bertz CT molecular complexity index is 957. The van der Waals surface area contributed by atoms with Crippen molar-refractivity contribution in [2.45, 2.75) is 72.5 Å². The van der Waals surface area contributed by atoms with E-state index in [2.05, 4.69) is 16.7 Å². The lowest BCUT2D eigenvalue weighted by atomic mass is 9.82. The van der Waals surface area contributed by atoms with Crippen molar-refractivity contribution in [3.05, 3.63) is 58.1 Å². The van der Waals surface area contributed by atoms with Crippen LogP contribution in [-0.4, -0.2) is 5.91 Å². The maximum Gasteiger partial charge on any atom is 0.416 e. The number of rotatable bonds is 4. The molecule has 0 aliphatic heterocycles. The van der Waals surface area contributed by atoms with Gasteiger partial charge in [-0.2, -0.15) is 13.2 Å². The van der Waals surface area contributed by atoms with Gasteiger partial charge in [0.1, 0.15) is 0 Å². The van der Waals surface area contributed by atoms with E-state index in [4.69, 9.17) is 0 Å². The zero-order valence-corrected chi connectivity index (χ0v) is 18.8. The Morgan fingerprint density at radius 2 is 1.74 bits per heavy atom. The molecule has 6 heteroatoms. The number of hydrogen-bond acceptors (Lipinski definition) is 2. The second kappa shape index (κ2) is 8.56. The maximum absolute atomic E-state index is 12.8. The molecule has 3 nitrogen and oxygen atoms in total. The van der Waals surface area contributed by atoms with Gasteiger partial charge in [0, 0.05) is 17.8 Å². The molecule has 0 heterocycles. The molecule has 1 unspecified atom stereocenters. The van der Waals surface area contributed by atoms with Gasteiger partial charge in [-0.15, -0.1) is 0 Å². The second-order valence-corrected chi connectivity index (χ2v) is 9.71. The minimum absolute atomic E-state index is 0.00823. The van der Waals surface area contributed by atoms with Gasteiger partial charge in [-0.25, -0.2) is 0 Å². The van der Waals surface area contributed by atoms with Gasteiger partial charge >= 0.3 is 6.18 Å². The van der Waals surface area contributed by atoms with E-state index >= 15 is 0 Å². The van der Waals surface area contributed by atoms with E-state index in [9.17, 15) is 18.0 Å². The average molecular weight is 433 g/mol. The number of carbonyl (C=O) groups excluding carboxylic acids is 1. The van der Waals surface area contributed by atoms with Crippen LogP contribution in [0.2, 0.25) is 0 Å². The summed E-state index contributed by atoms with van der Waals surface area (Å²) in [6.45, 7) is 10.1. The van der Waals surface area contributed by atoms with E-state index in [0.29, 0.717) is 12.1 Å². The molecule has 2 aromatic rings. The lowest BCUT2D eigenvalue weighted by Gasteiger charge is -2.31. The summed E-state index contributed by atoms with van der Waals surface area (Å²) in [5.74, 6) is 0.00823. The fourth-order valence-corrected chi connectivity index (χ4v) is 4.30. The highest BCUT2D eigenvalue weighted by Gasteiger charge is 2.30. The van der Waals surface area contributed by atoms with Gasteiger partial charge in [-0.1, -0.05) is 26.8 Å². The van der Waals surface area contributed by atoms with Crippen molar-refractivity contribution in [3.63, 3.8) is 0 Å². The molecule has 1 aliphatic carbocycles. The van der Waals surface area contributed by atoms with Crippen LogP contribution in [0.1, 0.15) is 73.9 Å². The predicted molar refractivity (Wildman–Crippen MR) is 119 cm³/mol. The normalized spacial score (nSPS) is 16.6. The molecule has 0 radical (unpaired) electrons. The molecular weight excluding hydrogens is 401 g/mol. The van der Waals surface area contributed by atoms with Crippen molar-refractivity contribution in [1.29, 1.82) is 0 Å².